The van der Waals surface area contributed by atoms with Crippen LogP contribution in [0.5, 0.6) is 0 Å². The first-order valence-corrected chi connectivity index (χ1v) is 6.30. The fraction of sp³-hybridized carbons (Fsp3) is 0.286. The Morgan fingerprint density at radius 1 is 1.24 bits per heavy atom. The summed E-state index contributed by atoms with van der Waals surface area (Å²) in [7, 11) is 0. The summed E-state index contributed by atoms with van der Waals surface area (Å²) in [6.07, 6.45) is -1.06. The maximum atomic E-state index is 13.9. The fourth-order valence-corrected chi connectivity index (χ4v) is 2.06. The Balaban J connectivity index is 2.57. The minimum absolute atomic E-state index is 0.0853. The van der Waals surface area contributed by atoms with Crippen LogP contribution in [0.15, 0.2) is 36.8 Å². The number of halogens is 4. The van der Waals surface area contributed by atoms with E-state index in [1.165, 1.54) is 12.3 Å². The Morgan fingerprint density at radius 3 is 2.62 bits per heavy atom. The molecule has 0 saturated carbocycles. The second-order valence-electron chi connectivity index (χ2n) is 4.32. The zero-order valence-electron chi connectivity index (χ0n) is 11.2. The van der Waals surface area contributed by atoms with E-state index in [1.807, 2.05) is 0 Å². The van der Waals surface area contributed by atoms with Gasteiger partial charge in [0.05, 0.1) is 17.3 Å². The molecule has 0 aromatic carbocycles. The number of hydrogen-bond acceptors (Lipinski definition) is 3. The normalized spacial score (nSPS) is 13.2. The van der Waals surface area contributed by atoms with Crippen LogP contribution < -0.4 is 5.32 Å². The molecule has 0 aliphatic carbocycles. The molecule has 3 nitrogen and oxygen atoms in total. The van der Waals surface area contributed by atoms with E-state index >= 15 is 0 Å². The topological polar surface area (TPSA) is 37.8 Å². The van der Waals surface area contributed by atoms with Gasteiger partial charge in [0.25, 0.3) is 0 Å². The van der Waals surface area contributed by atoms with E-state index in [1.54, 1.807) is 6.92 Å². The van der Waals surface area contributed by atoms with Gasteiger partial charge in [-0.25, -0.2) is 4.39 Å². The molecule has 1 atom stereocenters. The van der Waals surface area contributed by atoms with Gasteiger partial charge in [0.2, 0.25) is 0 Å². The van der Waals surface area contributed by atoms with Crippen LogP contribution in [0, 0.1) is 5.82 Å². The molecule has 0 bridgehead atoms. The number of hydrogen-bond donors (Lipinski definition) is 1. The van der Waals surface area contributed by atoms with Gasteiger partial charge in [0.1, 0.15) is 5.82 Å². The van der Waals surface area contributed by atoms with E-state index in [-0.39, 0.29) is 11.3 Å². The van der Waals surface area contributed by atoms with Crippen molar-refractivity contribution in [3.05, 3.63) is 59.4 Å². The van der Waals surface area contributed by atoms with Crippen molar-refractivity contribution in [1.29, 1.82) is 0 Å². The molecule has 0 fully saturated rings. The van der Waals surface area contributed by atoms with Crippen LogP contribution in [0.1, 0.15) is 29.8 Å². The molecule has 2 aromatic rings. The minimum atomic E-state index is -4.54. The minimum Gasteiger partial charge on any atom is -0.305 e. The van der Waals surface area contributed by atoms with Gasteiger partial charge in [-0.15, -0.1) is 0 Å². The largest absolute Gasteiger partial charge is 0.416 e. The van der Waals surface area contributed by atoms with E-state index in [2.05, 4.69) is 15.3 Å². The third kappa shape index (κ3) is 3.36. The molecule has 2 aromatic heterocycles. The predicted octanol–water partition coefficient (Wildman–Crippen LogP) is 3.33. The average Bonchev–Trinajstić information content (AvgIpc) is 2.45. The van der Waals surface area contributed by atoms with Gasteiger partial charge in [-0.2, -0.15) is 13.2 Å². The maximum absolute atomic E-state index is 13.9. The second kappa shape index (κ2) is 6.17. The molecule has 1 N–H and O–H groups in total. The van der Waals surface area contributed by atoms with E-state index in [0.717, 1.165) is 24.5 Å². The lowest BCUT2D eigenvalue weighted by Gasteiger charge is -2.21. The summed E-state index contributed by atoms with van der Waals surface area (Å²) in [6.45, 7) is 2.07. The first-order chi connectivity index (χ1) is 9.95. The van der Waals surface area contributed by atoms with Gasteiger partial charge in [-0.1, -0.05) is 6.92 Å². The summed E-state index contributed by atoms with van der Waals surface area (Å²) in [5.41, 5.74) is -1.09. The van der Waals surface area contributed by atoms with Gasteiger partial charge in [0.15, 0.2) is 0 Å². The van der Waals surface area contributed by atoms with Crippen LogP contribution in [-0.2, 0) is 6.18 Å². The Morgan fingerprint density at radius 2 is 2.00 bits per heavy atom. The highest BCUT2D eigenvalue weighted by Gasteiger charge is 2.36. The number of alkyl halides is 3. The summed E-state index contributed by atoms with van der Waals surface area (Å²) in [6, 6.07) is 2.41. The van der Waals surface area contributed by atoms with Crippen molar-refractivity contribution in [3.63, 3.8) is 0 Å². The van der Waals surface area contributed by atoms with Crippen molar-refractivity contribution < 1.29 is 17.6 Å². The lowest BCUT2D eigenvalue weighted by atomic mass is 9.99. The fourth-order valence-electron chi connectivity index (χ4n) is 2.06. The van der Waals surface area contributed by atoms with Crippen molar-refractivity contribution in [3.8, 4) is 0 Å². The molecule has 0 aliphatic heterocycles. The molecule has 0 saturated heterocycles. The van der Waals surface area contributed by atoms with Gasteiger partial charge in [-0.05, 0) is 24.7 Å². The summed E-state index contributed by atoms with van der Waals surface area (Å²) in [5, 5.41) is 2.83. The molecular formula is C14H13F4N3. The Labute approximate surface area is 119 Å². The number of pyridine rings is 2. The van der Waals surface area contributed by atoms with E-state index in [0.29, 0.717) is 6.54 Å². The first-order valence-electron chi connectivity index (χ1n) is 6.30. The Bertz CT molecular complexity index is 613. The summed E-state index contributed by atoms with van der Waals surface area (Å²) in [4.78, 5) is 7.59. The van der Waals surface area contributed by atoms with Crippen LogP contribution in [0.3, 0.4) is 0 Å². The highest BCUT2D eigenvalue weighted by molar-refractivity contribution is 5.35. The summed E-state index contributed by atoms with van der Waals surface area (Å²) >= 11 is 0. The monoisotopic (exact) mass is 299 g/mol. The third-order valence-electron chi connectivity index (χ3n) is 2.94. The molecule has 1 unspecified atom stereocenters. The first kappa shape index (κ1) is 15.4. The number of aromatic nitrogens is 2. The van der Waals surface area contributed by atoms with Gasteiger partial charge < -0.3 is 5.32 Å². The molecule has 0 aliphatic rings. The van der Waals surface area contributed by atoms with Crippen molar-refractivity contribution in [1.82, 2.24) is 15.3 Å². The molecule has 2 rings (SSSR count). The number of nitrogens with one attached hydrogen (secondary N) is 1. The van der Waals surface area contributed by atoms with Crippen LogP contribution in [0.25, 0.3) is 0 Å². The quantitative estimate of drug-likeness (QED) is 0.880. The highest BCUT2D eigenvalue weighted by Crippen LogP contribution is 2.36. The molecule has 2 heterocycles. The molecular weight excluding hydrogens is 286 g/mol. The van der Waals surface area contributed by atoms with Crippen LogP contribution in [-0.4, -0.2) is 16.5 Å². The molecule has 0 radical (unpaired) electrons. The van der Waals surface area contributed by atoms with Gasteiger partial charge in [-0.3, -0.25) is 9.97 Å². The molecule has 112 valence electrons. The zero-order valence-corrected chi connectivity index (χ0v) is 11.2. The predicted molar refractivity (Wildman–Crippen MR) is 69.0 cm³/mol. The lowest BCUT2D eigenvalue weighted by molar-refractivity contribution is -0.138. The number of nitrogens with zero attached hydrogens (tertiary/aromatic N) is 2. The van der Waals surface area contributed by atoms with Crippen LogP contribution in [0.2, 0.25) is 0 Å². The van der Waals surface area contributed by atoms with Crippen molar-refractivity contribution in [2.75, 3.05) is 6.54 Å². The van der Waals surface area contributed by atoms with Crippen LogP contribution in [0.4, 0.5) is 17.6 Å². The Hall–Kier alpha value is -2.02. The van der Waals surface area contributed by atoms with E-state index in [4.69, 9.17) is 0 Å². The molecule has 7 heteroatoms. The number of rotatable bonds is 4. The van der Waals surface area contributed by atoms with Crippen molar-refractivity contribution >= 4 is 0 Å². The molecule has 21 heavy (non-hydrogen) atoms. The smallest absolute Gasteiger partial charge is 0.305 e. The summed E-state index contributed by atoms with van der Waals surface area (Å²) in [5.74, 6) is -0.666. The lowest BCUT2D eigenvalue weighted by Crippen LogP contribution is -2.27. The zero-order chi connectivity index (χ0) is 15.5. The standard InChI is InChI=1S/C14H13F4N3/c1-2-20-12(13-11(15)4-3-6-21-13)9-8-19-7-5-10(9)14(16,17)18/h3-8,12,20H,2H2,1H3. The van der Waals surface area contributed by atoms with Crippen LogP contribution >= 0.6 is 0 Å². The van der Waals surface area contributed by atoms with E-state index < -0.39 is 23.6 Å². The molecule has 0 spiro atoms. The highest BCUT2D eigenvalue weighted by atomic mass is 19.4. The summed E-state index contributed by atoms with van der Waals surface area (Å²) < 4.78 is 53.2. The van der Waals surface area contributed by atoms with Crippen molar-refractivity contribution in [2.45, 2.75) is 19.1 Å². The Kier molecular flexibility index (Phi) is 4.52. The molecule has 0 amide bonds. The SMILES string of the molecule is CCNC(c1cnccc1C(F)(F)F)c1ncccc1F. The average molecular weight is 299 g/mol. The maximum Gasteiger partial charge on any atom is 0.416 e. The third-order valence-corrected chi connectivity index (χ3v) is 2.94. The van der Waals surface area contributed by atoms with Gasteiger partial charge in [0, 0.05) is 24.2 Å². The van der Waals surface area contributed by atoms with Crippen molar-refractivity contribution in [2.24, 2.45) is 0 Å². The van der Waals surface area contributed by atoms with Gasteiger partial charge >= 0.3 is 6.18 Å². The van der Waals surface area contributed by atoms with E-state index in [9.17, 15) is 17.6 Å². The second-order valence-corrected chi connectivity index (χ2v) is 4.32.